The van der Waals surface area contributed by atoms with E-state index in [9.17, 15) is 14.7 Å². The van der Waals surface area contributed by atoms with E-state index in [1.54, 1.807) is 35.6 Å². The van der Waals surface area contributed by atoms with E-state index < -0.39 is 12.9 Å². The molecule has 2 aromatic carbocycles. The van der Waals surface area contributed by atoms with E-state index in [-0.39, 0.29) is 11.7 Å². The Balaban J connectivity index is 2.47. The van der Waals surface area contributed by atoms with Crippen LogP contribution in [0.25, 0.3) is 0 Å². The Labute approximate surface area is 135 Å². The summed E-state index contributed by atoms with van der Waals surface area (Å²) >= 11 is 0. The fourth-order valence-electron chi connectivity index (χ4n) is 2.35. The highest BCUT2D eigenvalue weighted by atomic mass is 31.1. The van der Waals surface area contributed by atoms with Gasteiger partial charge in [-0.3, -0.25) is 10.1 Å². The van der Waals surface area contributed by atoms with Gasteiger partial charge in [-0.2, -0.15) is 0 Å². The van der Waals surface area contributed by atoms with Gasteiger partial charge in [0, 0.05) is 24.8 Å². The second kappa shape index (κ2) is 7.29. The number of benzene rings is 2. The van der Waals surface area contributed by atoms with Crippen LogP contribution < -0.4 is 9.41 Å². The Hall–Kier alpha value is -2.33. The van der Waals surface area contributed by atoms with Crippen molar-refractivity contribution in [1.29, 1.82) is 0 Å². The maximum Gasteiger partial charge on any atom is 0.293 e. The van der Waals surface area contributed by atoms with Crippen LogP contribution in [0.5, 0.6) is 11.5 Å². The lowest BCUT2D eigenvalue weighted by atomic mass is 10.2. The highest BCUT2D eigenvalue weighted by Crippen LogP contribution is 2.41. The van der Waals surface area contributed by atoms with Gasteiger partial charge in [0.2, 0.25) is 0 Å². The zero-order valence-electron chi connectivity index (χ0n) is 13.2. The summed E-state index contributed by atoms with van der Waals surface area (Å²) in [5.74, 6) is 1.10. The van der Waals surface area contributed by atoms with Crippen LogP contribution in [0.3, 0.4) is 0 Å². The van der Waals surface area contributed by atoms with Crippen molar-refractivity contribution in [1.82, 2.24) is 0 Å². The number of nitro groups is 1. The molecule has 0 aliphatic heterocycles. The largest absolute Gasteiger partial charge is 0.457 e. The molecule has 0 fully saturated rings. The summed E-state index contributed by atoms with van der Waals surface area (Å²) in [5.41, 5.74) is 0.226. The summed E-state index contributed by atoms with van der Waals surface area (Å²) in [5, 5.41) is 11.3. The van der Waals surface area contributed by atoms with E-state index in [0.717, 1.165) is 0 Å². The first kappa shape index (κ1) is 17.0. The molecule has 23 heavy (non-hydrogen) atoms. The van der Waals surface area contributed by atoms with Gasteiger partial charge in [0.1, 0.15) is 17.2 Å². The van der Waals surface area contributed by atoms with Crippen LogP contribution in [-0.2, 0) is 4.57 Å². The Morgan fingerprint density at radius 3 is 2.30 bits per heavy atom. The third kappa shape index (κ3) is 4.11. The minimum Gasteiger partial charge on any atom is -0.457 e. The predicted molar refractivity (Wildman–Crippen MR) is 92.2 cm³/mol. The molecule has 0 aliphatic rings. The van der Waals surface area contributed by atoms with Gasteiger partial charge in [-0.25, -0.2) is 0 Å². The lowest BCUT2D eigenvalue weighted by molar-refractivity contribution is -0.384. The molecule has 122 valence electrons. The van der Waals surface area contributed by atoms with Gasteiger partial charge in [0.25, 0.3) is 5.69 Å². The average Bonchev–Trinajstić information content (AvgIpc) is 2.47. The average molecular weight is 334 g/mol. The Morgan fingerprint density at radius 2 is 1.78 bits per heavy atom. The zero-order chi connectivity index (χ0) is 17.0. The SMILES string of the molecule is CC(C)N(c1cc(Oc2ccccc2)ccc1[N+](=O)[O-])[PH](C)=O. The minimum atomic E-state index is -2.15. The quantitative estimate of drug-likeness (QED) is 0.435. The van der Waals surface area contributed by atoms with E-state index in [2.05, 4.69) is 0 Å². The van der Waals surface area contributed by atoms with Crippen molar-refractivity contribution >= 4 is 19.3 Å². The van der Waals surface area contributed by atoms with E-state index in [0.29, 0.717) is 17.2 Å². The topological polar surface area (TPSA) is 72.7 Å². The van der Waals surface area contributed by atoms with E-state index in [1.165, 1.54) is 6.07 Å². The van der Waals surface area contributed by atoms with Gasteiger partial charge >= 0.3 is 0 Å². The summed E-state index contributed by atoms with van der Waals surface area (Å²) in [6.45, 7) is 5.26. The minimum absolute atomic E-state index is 0.0840. The normalized spacial score (nSPS) is 12.0. The monoisotopic (exact) mass is 334 g/mol. The first-order valence-corrected chi connectivity index (χ1v) is 9.07. The van der Waals surface area contributed by atoms with Crippen LogP contribution >= 0.6 is 7.95 Å². The number of nitrogens with zero attached hydrogens (tertiary/aromatic N) is 2. The highest BCUT2D eigenvalue weighted by Gasteiger charge is 2.24. The summed E-state index contributed by atoms with van der Waals surface area (Å²) in [6, 6.07) is 13.5. The zero-order valence-corrected chi connectivity index (χ0v) is 14.2. The van der Waals surface area contributed by atoms with Gasteiger partial charge in [-0.1, -0.05) is 18.2 Å². The second-order valence-electron chi connectivity index (χ2n) is 5.31. The molecule has 0 saturated heterocycles. The molecule has 2 rings (SSSR count). The lowest BCUT2D eigenvalue weighted by Crippen LogP contribution is -2.23. The van der Waals surface area contributed by atoms with Crippen molar-refractivity contribution in [3.8, 4) is 11.5 Å². The first-order chi connectivity index (χ1) is 10.9. The van der Waals surface area contributed by atoms with E-state index >= 15 is 0 Å². The molecule has 0 amide bonds. The standard InChI is InChI=1S/C16H19N2O4P/c1-12(2)17(23(3)21)16-11-14(9-10-15(16)18(19)20)22-13-7-5-4-6-8-13/h4-12,23H,1-3H3. The lowest BCUT2D eigenvalue weighted by Gasteiger charge is -2.26. The van der Waals surface area contributed by atoms with Gasteiger partial charge in [-0.15, -0.1) is 0 Å². The number of para-hydroxylation sites is 1. The van der Waals surface area contributed by atoms with Crippen LogP contribution in [0, 0.1) is 10.1 Å². The summed E-state index contributed by atoms with van der Waals surface area (Å²) < 4.78 is 19.4. The third-order valence-electron chi connectivity index (χ3n) is 3.24. The van der Waals surface area contributed by atoms with Crippen LogP contribution in [0.15, 0.2) is 48.5 Å². The van der Waals surface area contributed by atoms with Gasteiger partial charge < -0.3 is 14.0 Å². The van der Waals surface area contributed by atoms with Crippen LogP contribution in [-0.4, -0.2) is 17.6 Å². The van der Waals surface area contributed by atoms with Gasteiger partial charge in [0.05, 0.1) is 4.92 Å². The number of rotatable bonds is 6. The molecule has 0 spiro atoms. The highest BCUT2D eigenvalue weighted by molar-refractivity contribution is 7.45. The van der Waals surface area contributed by atoms with Crippen LogP contribution in [0.4, 0.5) is 11.4 Å². The smallest absolute Gasteiger partial charge is 0.293 e. The molecule has 6 nitrogen and oxygen atoms in total. The van der Waals surface area contributed by atoms with E-state index in [4.69, 9.17) is 4.74 Å². The second-order valence-corrected chi connectivity index (χ2v) is 6.83. The molecule has 0 aromatic heterocycles. The number of hydrogen-bond acceptors (Lipinski definition) is 4. The van der Waals surface area contributed by atoms with Crippen molar-refractivity contribution in [3.05, 3.63) is 58.6 Å². The molecule has 7 heteroatoms. The van der Waals surface area contributed by atoms with Gasteiger partial charge in [-0.05, 0) is 32.0 Å². The summed E-state index contributed by atoms with van der Waals surface area (Å²) in [4.78, 5) is 10.8. The Bertz CT molecular complexity index is 719. The van der Waals surface area contributed by atoms with Crippen LogP contribution in [0.1, 0.15) is 13.8 Å². The summed E-state index contributed by atoms with van der Waals surface area (Å²) in [7, 11) is -2.15. The van der Waals surface area contributed by atoms with Crippen molar-refractivity contribution in [2.75, 3.05) is 11.3 Å². The molecule has 1 atom stereocenters. The molecular formula is C16H19N2O4P. The number of anilines is 1. The Morgan fingerprint density at radius 1 is 1.13 bits per heavy atom. The fourth-order valence-corrected chi connectivity index (χ4v) is 3.60. The van der Waals surface area contributed by atoms with Gasteiger partial charge in [0.15, 0.2) is 7.95 Å². The molecule has 1 unspecified atom stereocenters. The molecule has 0 aliphatic carbocycles. The third-order valence-corrected chi connectivity index (χ3v) is 4.67. The number of ether oxygens (including phenoxy) is 1. The fraction of sp³-hybridized carbons (Fsp3) is 0.250. The van der Waals surface area contributed by atoms with Crippen molar-refractivity contribution in [3.63, 3.8) is 0 Å². The Kier molecular flexibility index (Phi) is 5.40. The molecule has 2 aromatic rings. The summed E-state index contributed by atoms with van der Waals surface area (Å²) in [6.07, 6.45) is 0. The molecule has 0 saturated carbocycles. The number of hydrogen-bond donors (Lipinski definition) is 0. The maximum absolute atomic E-state index is 12.1. The molecule has 0 bridgehead atoms. The van der Waals surface area contributed by atoms with Crippen molar-refractivity contribution < 1.29 is 14.2 Å². The van der Waals surface area contributed by atoms with Crippen LogP contribution in [0.2, 0.25) is 0 Å². The van der Waals surface area contributed by atoms with E-state index in [1.807, 2.05) is 32.0 Å². The molecule has 0 heterocycles. The first-order valence-electron chi connectivity index (χ1n) is 7.21. The molecular weight excluding hydrogens is 315 g/mol. The molecule has 0 radical (unpaired) electrons. The van der Waals surface area contributed by atoms with Crippen molar-refractivity contribution in [2.24, 2.45) is 0 Å². The predicted octanol–water partition coefficient (Wildman–Crippen LogP) is 4.71. The van der Waals surface area contributed by atoms with Crippen molar-refractivity contribution in [2.45, 2.75) is 19.9 Å². The number of nitro benzene ring substituents is 1. The molecule has 0 N–H and O–H groups in total. The maximum atomic E-state index is 12.1.